The van der Waals surface area contributed by atoms with Crippen LogP contribution in [0.25, 0.3) is 0 Å². The van der Waals surface area contributed by atoms with Crippen molar-refractivity contribution >= 4 is 11.7 Å². The van der Waals surface area contributed by atoms with Crippen molar-refractivity contribution in [1.29, 1.82) is 0 Å². The van der Waals surface area contributed by atoms with Crippen LogP contribution >= 0.6 is 0 Å². The van der Waals surface area contributed by atoms with E-state index in [0.29, 0.717) is 11.9 Å². The van der Waals surface area contributed by atoms with E-state index in [-0.39, 0.29) is 18.3 Å². The lowest BCUT2D eigenvalue weighted by atomic mass is 10.4. The molecule has 1 heterocycles. The summed E-state index contributed by atoms with van der Waals surface area (Å²) in [6.07, 6.45) is 3.25. The number of amides is 1. The molecule has 0 bridgehead atoms. The highest BCUT2D eigenvalue weighted by molar-refractivity contribution is 5.80. The minimum atomic E-state index is -0.386. The smallest absolute Gasteiger partial charge is 0.239 e. The maximum absolute atomic E-state index is 12.5. The van der Waals surface area contributed by atoms with E-state index < -0.39 is 0 Å². The summed E-state index contributed by atoms with van der Waals surface area (Å²) in [4.78, 5) is 15.0. The van der Waals surface area contributed by atoms with Gasteiger partial charge in [-0.25, -0.2) is 9.37 Å². The molecule has 0 saturated heterocycles. The fourth-order valence-electron chi connectivity index (χ4n) is 1.16. The van der Waals surface area contributed by atoms with Gasteiger partial charge in [-0.3, -0.25) is 4.79 Å². The van der Waals surface area contributed by atoms with Gasteiger partial charge in [0.2, 0.25) is 5.91 Å². The second-order valence-corrected chi connectivity index (χ2v) is 3.56. The monoisotopic (exact) mass is 209 g/mol. The zero-order valence-corrected chi connectivity index (χ0v) is 8.16. The second kappa shape index (κ2) is 4.25. The van der Waals surface area contributed by atoms with Crippen LogP contribution in [0.1, 0.15) is 12.8 Å². The van der Waals surface area contributed by atoms with E-state index in [1.165, 1.54) is 12.1 Å². The van der Waals surface area contributed by atoms with Crippen molar-refractivity contribution in [2.45, 2.75) is 18.9 Å². The lowest BCUT2D eigenvalue weighted by Crippen LogP contribution is -2.31. The van der Waals surface area contributed by atoms with Crippen LogP contribution < -0.4 is 10.6 Å². The van der Waals surface area contributed by atoms with E-state index in [0.717, 1.165) is 19.0 Å². The van der Waals surface area contributed by atoms with Gasteiger partial charge in [-0.05, 0) is 25.0 Å². The summed E-state index contributed by atoms with van der Waals surface area (Å²) in [5.41, 5.74) is 0. The van der Waals surface area contributed by atoms with Gasteiger partial charge in [0.1, 0.15) is 11.6 Å². The molecule has 80 valence electrons. The topological polar surface area (TPSA) is 54.0 Å². The third kappa shape index (κ3) is 3.19. The number of nitrogens with zero attached hydrogens (tertiary/aromatic N) is 1. The number of aromatic nitrogens is 1. The van der Waals surface area contributed by atoms with Crippen molar-refractivity contribution in [3.63, 3.8) is 0 Å². The third-order valence-electron chi connectivity index (χ3n) is 2.10. The first-order valence-corrected chi connectivity index (χ1v) is 4.89. The minimum absolute atomic E-state index is 0.0522. The number of carbonyl (C=O) groups is 1. The third-order valence-corrected chi connectivity index (χ3v) is 2.10. The molecule has 1 saturated carbocycles. The Kier molecular flexibility index (Phi) is 2.80. The molecule has 5 heteroatoms. The van der Waals surface area contributed by atoms with Crippen LogP contribution in [0.15, 0.2) is 18.3 Å². The lowest BCUT2D eigenvalue weighted by molar-refractivity contribution is -0.119. The molecular weight excluding hydrogens is 197 g/mol. The number of anilines is 1. The van der Waals surface area contributed by atoms with Gasteiger partial charge in [0.15, 0.2) is 0 Å². The van der Waals surface area contributed by atoms with Gasteiger partial charge in [-0.1, -0.05) is 0 Å². The van der Waals surface area contributed by atoms with Crippen LogP contribution in [0.4, 0.5) is 10.2 Å². The molecule has 1 aliphatic rings. The zero-order chi connectivity index (χ0) is 10.7. The molecule has 1 aromatic rings. The molecule has 1 amide bonds. The van der Waals surface area contributed by atoms with Gasteiger partial charge in [-0.15, -0.1) is 0 Å². The van der Waals surface area contributed by atoms with Crippen LogP contribution in [0.2, 0.25) is 0 Å². The first kappa shape index (κ1) is 9.89. The largest absolute Gasteiger partial charge is 0.361 e. The van der Waals surface area contributed by atoms with E-state index in [1.54, 1.807) is 0 Å². The molecule has 1 aromatic heterocycles. The second-order valence-electron chi connectivity index (χ2n) is 3.56. The van der Waals surface area contributed by atoms with Gasteiger partial charge in [0.25, 0.3) is 0 Å². The Bertz CT molecular complexity index is 348. The number of carbonyl (C=O) groups excluding carboxylic acids is 1. The van der Waals surface area contributed by atoms with E-state index in [2.05, 4.69) is 15.6 Å². The predicted octanol–water partition coefficient (Wildman–Crippen LogP) is 0.911. The Hall–Kier alpha value is -1.65. The van der Waals surface area contributed by atoms with Crippen LogP contribution in [-0.2, 0) is 4.79 Å². The maximum atomic E-state index is 12.5. The molecule has 15 heavy (non-hydrogen) atoms. The summed E-state index contributed by atoms with van der Waals surface area (Å²) in [7, 11) is 0. The number of rotatable bonds is 4. The molecule has 2 rings (SSSR count). The molecule has 1 fully saturated rings. The normalized spacial score (nSPS) is 14.7. The van der Waals surface area contributed by atoms with Crippen LogP contribution in [0.5, 0.6) is 0 Å². The molecule has 0 atom stereocenters. The SMILES string of the molecule is O=C(CNc1ccc(F)cn1)NC1CC1. The minimum Gasteiger partial charge on any atom is -0.361 e. The van der Waals surface area contributed by atoms with Crippen molar-refractivity contribution in [3.8, 4) is 0 Å². The highest BCUT2D eigenvalue weighted by Crippen LogP contribution is 2.18. The standard InChI is InChI=1S/C10H12FN3O/c11-7-1-4-9(12-5-7)13-6-10(15)14-8-2-3-8/h1,4-5,8H,2-3,6H2,(H,12,13)(H,14,15). The highest BCUT2D eigenvalue weighted by Gasteiger charge is 2.22. The number of pyridine rings is 1. The summed E-state index contributed by atoms with van der Waals surface area (Å²) < 4.78 is 12.5. The quantitative estimate of drug-likeness (QED) is 0.775. The Labute approximate surface area is 86.9 Å². The number of halogens is 1. The van der Waals surface area contributed by atoms with Crippen LogP contribution in [-0.4, -0.2) is 23.5 Å². The van der Waals surface area contributed by atoms with Crippen molar-refractivity contribution in [1.82, 2.24) is 10.3 Å². The van der Waals surface area contributed by atoms with Crippen LogP contribution in [0.3, 0.4) is 0 Å². The van der Waals surface area contributed by atoms with Crippen molar-refractivity contribution < 1.29 is 9.18 Å². The molecular formula is C10H12FN3O. The van der Waals surface area contributed by atoms with Gasteiger partial charge in [0.05, 0.1) is 12.7 Å². The molecule has 0 aromatic carbocycles. The summed E-state index contributed by atoms with van der Waals surface area (Å²) >= 11 is 0. The molecule has 1 aliphatic carbocycles. The summed E-state index contributed by atoms with van der Waals surface area (Å²) in [6.45, 7) is 0.176. The number of hydrogen-bond acceptors (Lipinski definition) is 3. The van der Waals surface area contributed by atoms with Crippen molar-refractivity contribution in [2.75, 3.05) is 11.9 Å². The van der Waals surface area contributed by atoms with Gasteiger partial charge >= 0.3 is 0 Å². The molecule has 0 unspecified atom stereocenters. The molecule has 0 spiro atoms. The lowest BCUT2D eigenvalue weighted by Gasteiger charge is -2.05. The van der Waals surface area contributed by atoms with Crippen molar-refractivity contribution in [2.24, 2.45) is 0 Å². The fourth-order valence-corrected chi connectivity index (χ4v) is 1.16. The zero-order valence-electron chi connectivity index (χ0n) is 8.16. The fraction of sp³-hybridized carbons (Fsp3) is 0.400. The van der Waals surface area contributed by atoms with Crippen molar-refractivity contribution in [3.05, 3.63) is 24.1 Å². The van der Waals surface area contributed by atoms with Gasteiger partial charge in [-0.2, -0.15) is 0 Å². The number of hydrogen-bond donors (Lipinski definition) is 2. The first-order valence-electron chi connectivity index (χ1n) is 4.89. The first-order chi connectivity index (χ1) is 7.24. The van der Waals surface area contributed by atoms with E-state index >= 15 is 0 Å². The summed E-state index contributed by atoms with van der Waals surface area (Å²) in [6, 6.07) is 3.16. The molecule has 2 N–H and O–H groups in total. The molecule has 4 nitrogen and oxygen atoms in total. The summed E-state index contributed by atoms with van der Waals surface area (Å²) in [5, 5.41) is 5.65. The Morgan fingerprint density at radius 2 is 2.33 bits per heavy atom. The number of nitrogens with one attached hydrogen (secondary N) is 2. The Morgan fingerprint density at radius 3 is 2.93 bits per heavy atom. The Balaban J connectivity index is 1.76. The predicted molar refractivity (Wildman–Crippen MR) is 53.8 cm³/mol. The Morgan fingerprint density at radius 1 is 1.53 bits per heavy atom. The van der Waals surface area contributed by atoms with E-state index in [1.807, 2.05) is 0 Å². The average Bonchev–Trinajstić information content (AvgIpc) is 3.01. The van der Waals surface area contributed by atoms with Crippen LogP contribution in [0, 0.1) is 5.82 Å². The van der Waals surface area contributed by atoms with Gasteiger partial charge < -0.3 is 10.6 Å². The molecule has 0 aliphatic heterocycles. The summed E-state index contributed by atoms with van der Waals surface area (Å²) in [5.74, 6) is 0.0638. The highest BCUT2D eigenvalue weighted by atomic mass is 19.1. The van der Waals surface area contributed by atoms with Gasteiger partial charge in [0, 0.05) is 6.04 Å². The maximum Gasteiger partial charge on any atom is 0.239 e. The average molecular weight is 209 g/mol. The molecule has 0 radical (unpaired) electrons. The van der Waals surface area contributed by atoms with E-state index in [9.17, 15) is 9.18 Å². The van der Waals surface area contributed by atoms with E-state index in [4.69, 9.17) is 0 Å².